The molecule has 1 aliphatic rings. The Kier molecular flexibility index (Phi) is 4.88. The maximum Gasteiger partial charge on any atom is 0.301 e. The Bertz CT molecular complexity index is 550. The second kappa shape index (κ2) is 6.45. The van der Waals surface area contributed by atoms with E-state index in [4.69, 9.17) is 5.73 Å². The Morgan fingerprint density at radius 1 is 1.20 bits per heavy atom. The summed E-state index contributed by atoms with van der Waals surface area (Å²) in [5, 5.41) is 0. The van der Waals surface area contributed by atoms with Crippen LogP contribution in [0, 0.1) is 0 Å². The number of benzene rings is 1. The lowest BCUT2D eigenvalue weighted by molar-refractivity contribution is 0.427. The monoisotopic (exact) mass is 297 g/mol. The first-order valence-electron chi connectivity index (χ1n) is 7.19. The number of nitrogen functional groups attached to an aromatic ring is 1. The van der Waals surface area contributed by atoms with Crippen molar-refractivity contribution in [2.45, 2.75) is 39.0 Å². The van der Waals surface area contributed by atoms with Gasteiger partial charge in [-0.15, -0.1) is 0 Å². The van der Waals surface area contributed by atoms with E-state index in [2.05, 4.69) is 4.72 Å². The van der Waals surface area contributed by atoms with Gasteiger partial charge >= 0.3 is 10.2 Å². The topological polar surface area (TPSA) is 75.4 Å². The van der Waals surface area contributed by atoms with Crippen LogP contribution < -0.4 is 10.5 Å². The van der Waals surface area contributed by atoms with Gasteiger partial charge in [0.15, 0.2) is 0 Å². The number of anilines is 2. The summed E-state index contributed by atoms with van der Waals surface area (Å²) in [6, 6.07) is 5.33. The highest BCUT2D eigenvalue weighted by molar-refractivity contribution is 7.90. The van der Waals surface area contributed by atoms with Gasteiger partial charge in [-0.1, -0.05) is 25.8 Å². The molecule has 0 saturated carbocycles. The lowest BCUT2D eigenvalue weighted by Crippen LogP contribution is -2.36. The predicted molar refractivity (Wildman–Crippen MR) is 82.8 cm³/mol. The minimum absolute atomic E-state index is 0.531. The Hall–Kier alpha value is -1.27. The van der Waals surface area contributed by atoms with Crippen LogP contribution in [-0.4, -0.2) is 25.8 Å². The first-order valence-corrected chi connectivity index (χ1v) is 8.63. The third-order valence-corrected chi connectivity index (χ3v) is 5.22. The average molecular weight is 297 g/mol. The van der Waals surface area contributed by atoms with Crippen LogP contribution >= 0.6 is 0 Å². The number of nitrogens with one attached hydrogen (secondary N) is 1. The zero-order valence-electron chi connectivity index (χ0n) is 11.9. The molecule has 20 heavy (non-hydrogen) atoms. The van der Waals surface area contributed by atoms with Crippen LogP contribution in [0.1, 0.15) is 38.2 Å². The largest absolute Gasteiger partial charge is 0.398 e. The van der Waals surface area contributed by atoms with Crippen molar-refractivity contribution in [3.8, 4) is 0 Å². The summed E-state index contributed by atoms with van der Waals surface area (Å²) in [5.74, 6) is 0. The molecule has 5 nitrogen and oxygen atoms in total. The zero-order valence-corrected chi connectivity index (χ0v) is 12.7. The van der Waals surface area contributed by atoms with E-state index in [0.29, 0.717) is 24.5 Å². The van der Waals surface area contributed by atoms with Gasteiger partial charge in [-0.3, -0.25) is 4.72 Å². The number of hydrogen-bond donors (Lipinski definition) is 2. The van der Waals surface area contributed by atoms with Crippen LogP contribution in [0.25, 0.3) is 0 Å². The number of nitrogens with zero attached hydrogens (tertiary/aromatic N) is 1. The molecule has 0 aliphatic carbocycles. The van der Waals surface area contributed by atoms with Gasteiger partial charge in [0.2, 0.25) is 0 Å². The fourth-order valence-corrected chi connectivity index (χ4v) is 3.77. The standard InChI is InChI=1S/C14H23N3O2S/c1-2-12-7-8-13(11-14(12)15)16-20(18,19)17-9-5-3-4-6-10-17/h7-8,11,16H,2-6,9-10,15H2,1H3. The molecular weight excluding hydrogens is 274 g/mol. The van der Waals surface area contributed by atoms with E-state index in [1.807, 2.05) is 13.0 Å². The average Bonchev–Trinajstić information content (AvgIpc) is 2.68. The third kappa shape index (κ3) is 3.64. The smallest absolute Gasteiger partial charge is 0.301 e. The summed E-state index contributed by atoms with van der Waals surface area (Å²) in [7, 11) is -3.47. The maximum absolute atomic E-state index is 12.3. The summed E-state index contributed by atoms with van der Waals surface area (Å²) in [6.07, 6.45) is 4.90. The van der Waals surface area contributed by atoms with Gasteiger partial charge in [0.25, 0.3) is 0 Å². The molecule has 0 atom stereocenters. The maximum atomic E-state index is 12.3. The predicted octanol–water partition coefficient (Wildman–Crippen LogP) is 2.36. The van der Waals surface area contributed by atoms with Crippen molar-refractivity contribution >= 4 is 21.6 Å². The van der Waals surface area contributed by atoms with Crippen LogP contribution in [0.2, 0.25) is 0 Å². The molecule has 1 heterocycles. The van der Waals surface area contributed by atoms with Crippen molar-refractivity contribution in [2.75, 3.05) is 23.5 Å². The van der Waals surface area contributed by atoms with E-state index in [1.165, 1.54) is 4.31 Å². The van der Waals surface area contributed by atoms with Gasteiger partial charge in [0.1, 0.15) is 0 Å². The molecule has 2 rings (SSSR count). The minimum atomic E-state index is -3.47. The van der Waals surface area contributed by atoms with Crippen molar-refractivity contribution in [3.05, 3.63) is 23.8 Å². The molecule has 6 heteroatoms. The van der Waals surface area contributed by atoms with E-state index in [1.54, 1.807) is 12.1 Å². The highest BCUT2D eigenvalue weighted by atomic mass is 32.2. The highest BCUT2D eigenvalue weighted by Crippen LogP contribution is 2.21. The SMILES string of the molecule is CCc1ccc(NS(=O)(=O)N2CCCCCC2)cc1N. The molecule has 0 spiro atoms. The first kappa shape index (κ1) is 15.1. The second-order valence-corrected chi connectivity index (χ2v) is 6.86. The molecule has 1 aromatic rings. The lowest BCUT2D eigenvalue weighted by atomic mass is 10.1. The van der Waals surface area contributed by atoms with E-state index in [0.717, 1.165) is 37.7 Å². The van der Waals surface area contributed by atoms with Gasteiger partial charge in [-0.05, 0) is 37.0 Å². The molecule has 0 unspecified atom stereocenters. The second-order valence-electron chi connectivity index (χ2n) is 5.19. The van der Waals surface area contributed by atoms with Crippen LogP contribution in [0.5, 0.6) is 0 Å². The summed E-state index contributed by atoms with van der Waals surface area (Å²) in [4.78, 5) is 0. The molecule has 1 fully saturated rings. The molecular formula is C14H23N3O2S. The Morgan fingerprint density at radius 2 is 1.85 bits per heavy atom. The Morgan fingerprint density at radius 3 is 2.40 bits per heavy atom. The highest BCUT2D eigenvalue weighted by Gasteiger charge is 2.22. The third-order valence-electron chi connectivity index (χ3n) is 3.68. The van der Waals surface area contributed by atoms with Gasteiger partial charge in [-0.25, -0.2) is 0 Å². The van der Waals surface area contributed by atoms with Crippen LogP contribution in [0.15, 0.2) is 18.2 Å². The summed E-state index contributed by atoms with van der Waals surface area (Å²) >= 11 is 0. The van der Waals surface area contributed by atoms with Crippen molar-refractivity contribution in [3.63, 3.8) is 0 Å². The normalized spacial score (nSPS) is 17.6. The van der Waals surface area contributed by atoms with Crippen LogP contribution in [0.4, 0.5) is 11.4 Å². The molecule has 0 radical (unpaired) electrons. The quantitative estimate of drug-likeness (QED) is 0.838. The molecule has 0 amide bonds. The number of aryl methyl sites for hydroxylation is 1. The lowest BCUT2D eigenvalue weighted by Gasteiger charge is -2.21. The van der Waals surface area contributed by atoms with Gasteiger partial charge in [-0.2, -0.15) is 12.7 Å². The fraction of sp³-hybridized carbons (Fsp3) is 0.571. The van der Waals surface area contributed by atoms with E-state index in [9.17, 15) is 8.42 Å². The zero-order chi connectivity index (χ0) is 14.6. The summed E-state index contributed by atoms with van der Waals surface area (Å²) in [5.41, 5.74) is 8.10. The number of nitrogens with two attached hydrogens (primary N) is 1. The van der Waals surface area contributed by atoms with Crippen molar-refractivity contribution < 1.29 is 8.42 Å². The molecule has 0 aromatic heterocycles. The molecule has 3 N–H and O–H groups in total. The van der Waals surface area contributed by atoms with E-state index < -0.39 is 10.2 Å². The van der Waals surface area contributed by atoms with Gasteiger partial charge in [0.05, 0.1) is 5.69 Å². The molecule has 1 aliphatic heterocycles. The first-order chi connectivity index (χ1) is 9.53. The van der Waals surface area contributed by atoms with E-state index >= 15 is 0 Å². The van der Waals surface area contributed by atoms with Gasteiger partial charge in [0, 0.05) is 18.8 Å². The Labute approximate surface area is 121 Å². The van der Waals surface area contributed by atoms with Gasteiger partial charge < -0.3 is 5.73 Å². The molecule has 112 valence electrons. The summed E-state index contributed by atoms with van der Waals surface area (Å²) in [6.45, 7) is 3.21. The van der Waals surface area contributed by atoms with Crippen molar-refractivity contribution in [2.24, 2.45) is 0 Å². The van der Waals surface area contributed by atoms with E-state index in [-0.39, 0.29) is 0 Å². The molecule has 1 aromatic carbocycles. The van der Waals surface area contributed by atoms with Crippen molar-refractivity contribution in [1.82, 2.24) is 4.31 Å². The Balaban J connectivity index is 2.12. The summed E-state index contributed by atoms with van der Waals surface area (Å²) < 4.78 is 28.9. The fourth-order valence-electron chi connectivity index (χ4n) is 2.48. The molecule has 1 saturated heterocycles. The minimum Gasteiger partial charge on any atom is -0.398 e. The van der Waals surface area contributed by atoms with Crippen LogP contribution in [-0.2, 0) is 16.6 Å². The van der Waals surface area contributed by atoms with Crippen molar-refractivity contribution in [1.29, 1.82) is 0 Å². The van der Waals surface area contributed by atoms with Crippen LogP contribution in [0.3, 0.4) is 0 Å². The number of rotatable bonds is 4. The number of hydrogen-bond acceptors (Lipinski definition) is 3. The molecule has 0 bridgehead atoms.